The number of phenols is 2. The number of rotatable bonds is 0. The van der Waals surface area contributed by atoms with Crippen LogP contribution in [-0.4, -0.2) is 28.1 Å². The number of hydrogen-bond donors (Lipinski definition) is 2. The van der Waals surface area contributed by atoms with Crippen LogP contribution in [0.25, 0.3) is 0 Å². The summed E-state index contributed by atoms with van der Waals surface area (Å²) >= 11 is 6.07. The smallest absolute Gasteiger partial charge is 0.342 e. The second-order valence-electron chi connectivity index (χ2n) is 6.10. The van der Waals surface area contributed by atoms with Gasteiger partial charge in [-0.1, -0.05) is 36.8 Å². The van der Waals surface area contributed by atoms with Gasteiger partial charge in [0.1, 0.15) is 23.2 Å². The number of allylic oxidation sites excluding steroid dienone is 3. The van der Waals surface area contributed by atoms with Crippen LogP contribution in [0, 0.1) is 5.92 Å². The highest BCUT2D eigenvalue weighted by molar-refractivity contribution is 6.33. The summed E-state index contributed by atoms with van der Waals surface area (Å²) in [4.78, 5) is 24.7. The molecule has 0 saturated carbocycles. The lowest BCUT2D eigenvalue weighted by molar-refractivity contribution is -0.114. The van der Waals surface area contributed by atoms with E-state index in [1.807, 2.05) is 19.1 Å². The van der Waals surface area contributed by atoms with Crippen LogP contribution in [0.3, 0.4) is 0 Å². The third-order valence-corrected chi connectivity index (χ3v) is 4.57. The molecule has 0 aliphatic carbocycles. The van der Waals surface area contributed by atoms with Crippen LogP contribution in [0.4, 0.5) is 0 Å². The highest BCUT2D eigenvalue weighted by atomic mass is 35.5. The Balaban J connectivity index is 2.52. The molecule has 2 N–H and O–H groups in total. The Morgan fingerprint density at radius 3 is 2.52 bits per heavy atom. The summed E-state index contributed by atoms with van der Waals surface area (Å²) in [7, 11) is 0. The summed E-state index contributed by atoms with van der Waals surface area (Å²) in [5.41, 5.74) is -0.129. The summed E-state index contributed by atoms with van der Waals surface area (Å²) in [5.74, 6) is -1.95. The zero-order chi connectivity index (χ0) is 18.6. The van der Waals surface area contributed by atoms with Crippen molar-refractivity contribution in [3.63, 3.8) is 0 Å². The summed E-state index contributed by atoms with van der Waals surface area (Å²) in [6.45, 7) is 3.67. The lowest BCUT2D eigenvalue weighted by Crippen LogP contribution is -2.22. The number of cyclic esters (lactones) is 1. The molecule has 1 aliphatic heterocycles. The summed E-state index contributed by atoms with van der Waals surface area (Å²) in [6, 6.07) is 0.972. The van der Waals surface area contributed by atoms with Crippen molar-refractivity contribution in [3.05, 3.63) is 46.5 Å². The first-order valence-corrected chi connectivity index (χ1v) is 8.49. The SMILES string of the molecule is C[C@H]1C=CCCC=CC(=O)Cc2c(Cl)c(O)cc(O)c2C(=O)O[C@@H]1C. The minimum Gasteiger partial charge on any atom is -0.507 e. The number of ketones is 1. The van der Waals surface area contributed by atoms with E-state index in [9.17, 15) is 19.8 Å². The predicted molar refractivity (Wildman–Crippen MR) is 95.0 cm³/mol. The van der Waals surface area contributed by atoms with Gasteiger partial charge in [-0.2, -0.15) is 0 Å². The van der Waals surface area contributed by atoms with Crippen LogP contribution in [0.5, 0.6) is 11.5 Å². The molecular weight excluding hydrogens is 344 g/mol. The highest BCUT2D eigenvalue weighted by Gasteiger charge is 2.26. The molecule has 0 aromatic heterocycles. The molecule has 0 bridgehead atoms. The van der Waals surface area contributed by atoms with Gasteiger partial charge in [0, 0.05) is 24.0 Å². The number of hydrogen-bond acceptors (Lipinski definition) is 5. The molecular formula is C19H21ClO5. The molecule has 25 heavy (non-hydrogen) atoms. The fourth-order valence-electron chi connectivity index (χ4n) is 2.52. The molecule has 2 atom stereocenters. The Kier molecular flexibility index (Phi) is 6.26. The maximum atomic E-state index is 12.5. The average Bonchev–Trinajstić information content (AvgIpc) is 2.54. The van der Waals surface area contributed by atoms with Gasteiger partial charge in [-0.15, -0.1) is 0 Å². The number of esters is 1. The first-order chi connectivity index (χ1) is 11.8. The predicted octanol–water partition coefficient (Wildman–Crippen LogP) is 3.95. The zero-order valence-electron chi connectivity index (χ0n) is 14.2. The molecule has 6 heteroatoms. The first kappa shape index (κ1) is 19.1. The summed E-state index contributed by atoms with van der Waals surface area (Å²) < 4.78 is 5.43. The first-order valence-electron chi connectivity index (χ1n) is 8.11. The third-order valence-electron chi connectivity index (χ3n) is 4.15. The van der Waals surface area contributed by atoms with E-state index in [0.717, 1.165) is 12.5 Å². The molecule has 1 aliphatic rings. The van der Waals surface area contributed by atoms with Crippen molar-refractivity contribution in [1.82, 2.24) is 0 Å². The van der Waals surface area contributed by atoms with E-state index in [0.29, 0.717) is 6.42 Å². The molecule has 1 heterocycles. The molecule has 0 unspecified atom stereocenters. The Bertz CT molecular complexity index is 736. The van der Waals surface area contributed by atoms with Crippen molar-refractivity contribution in [2.24, 2.45) is 5.92 Å². The van der Waals surface area contributed by atoms with E-state index in [4.69, 9.17) is 16.3 Å². The minimum atomic E-state index is -0.781. The average molecular weight is 365 g/mol. The van der Waals surface area contributed by atoms with E-state index in [2.05, 4.69) is 0 Å². The molecule has 0 saturated heterocycles. The van der Waals surface area contributed by atoms with Crippen molar-refractivity contribution < 1.29 is 24.5 Å². The number of halogens is 1. The lowest BCUT2D eigenvalue weighted by atomic mass is 9.99. The monoisotopic (exact) mass is 364 g/mol. The molecule has 1 aromatic carbocycles. The van der Waals surface area contributed by atoms with Crippen molar-refractivity contribution in [2.75, 3.05) is 0 Å². The number of phenolic OH excluding ortho intramolecular Hbond substituents is 2. The van der Waals surface area contributed by atoms with Gasteiger partial charge in [-0.25, -0.2) is 4.79 Å². The van der Waals surface area contributed by atoms with Crippen LogP contribution >= 0.6 is 11.6 Å². The van der Waals surface area contributed by atoms with Crippen LogP contribution in [-0.2, 0) is 16.0 Å². The summed E-state index contributed by atoms with van der Waals surface area (Å²) in [5, 5.41) is 19.8. The van der Waals surface area contributed by atoms with Crippen molar-refractivity contribution in [2.45, 2.75) is 39.2 Å². The van der Waals surface area contributed by atoms with Crippen molar-refractivity contribution >= 4 is 23.4 Å². The molecule has 1 aromatic rings. The Morgan fingerprint density at radius 1 is 1.12 bits per heavy atom. The Labute approximate surface area is 151 Å². The van der Waals surface area contributed by atoms with Gasteiger partial charge in [-0.3, -0.25) is 4.79 Å². The fourth-order valence-corrected chi connectivity index (χ4v) is 2.74. The summed E-state index contributed by atoms with van der Waals surface area (Å²) in [6.07, 6.45) is 7.92. The molecule has 0 spiro atoms. The van der Waals surface area contributed by atoms with Gasteiger partial charge in [0.25, 0.3) is 0 Å². The largest absolute Gasteiger partial charge is 0.507 e. The number of aromatic hydroxyl groups is 2. The minimum absolute atomic E-state index is 0.0179. The lowest BCUT2D eigenvalue weighted by Gasteiger charge is -2.20. The van der Waals surface area contributed by atoms with E-state index in [-0.39, 0.29) is 34.3 Å². The molecule has 0 fully saturated rings. The Hall–Kier alpha value is -2.27. The van der Waals surface area contributed by atoms with E-state index in [1.165, 1.54) is 6.08 Å². The van der Waals surface area contributed by atoms with Gasteiger partial charge >= 0.3 is 5.97 Å². The maximum absolute atomic E-state index is 12.5. The highest BCUT2D eigenvalue weighted by Crippen LogP contribution is 2.37. The van der Waals surface area contributed by atoms with Gasteiger partial charge in [0.15, 0.2) is 5.78 Å². The number of benzene rings is 1. The number of carbonyl (C=O) groups excluding carboxylic acids is 2. The second-order valence-corrected chi connectivity index (χ2v) is 6.48. The molecule has 134 valence electrons. The van der Waals surface area contributed by atoms with Crippen molar-refractivity contribution in [1.29, 1.82) is 0 Å². The van der Waals surface area contributed by atoms with Gasteiger partial charge in [0.2, 0.25) is 0 Å². The molecule has 0 radical (unpaired) electrons. The van der Waals surface area contributed by atoms with E-state index in [1.54, 1.807) is 13.0 Å². The van der Waals surface area contributed by atoms with Crippen LogP contribution < -0.4 is 0 Å². The van der Waals surface area contributed by atoms with Crippen LogP contribution in [0.1, 0.15) is 42.6 Å². The van der Waals surface area contributed by atoms with Gasteiger partial charge < -0.3 is 14.9 Å². The van der Waals surface area contributed by atoms with Crippen molar-refractivity contribution in [3.8, 4) is 11.5 Å². The van der Waals surface area contributed by atoms with Gasteiger partial charge in [0.05, 0.1) is 5.02 Å². The van der Waals surface area contributed by atoms with E-state index >= 15 is 0 Å². The zero-order valence-corrected chi connectivity index (χ0v) is 14.9. The maximum Gasteiger partial charge on any atom is 0.342 e. The third kappa shape index (κ3) is 4.63. The molecule has 0 amide bonds. The Morgan fingerprint density at radius 2 is 1.80 bits per heavy atom. The van der Waals surface area contributed by atoms with E-state index < -0.39 is 23.6 Å². The van der Waals surface area contributed by atoms with Gasteiger partial charge in [-0.05, 0) is 25.8 Å². The van der Waals surface area contributed by atoms with Crippen LogP contribution in [0.15, 0.2) is 30.4 Å². The molecule has 2 rings (SSSR count). The standard InChI is InChI=1S/C19H21ClO5/c1-11-7-5-3-4-6-8-13(21)9-14-17(19(24)25-12(11)2)15(22)10-16(23)18(14)20/h5-8,10-12,22-23H,3-4,9H2,1-2H3/t11-,12+/m0/s1. The van der Waals surface area contributed by atoms with Crippen LogP contribution in [0.2, 0.25) is 5.02 Å². The number of carbonyl (C=O) groups is 2. The fraction of sp³-hybridized carbons (Fsp3) is 0.368. The molecule has 5 nitrogen and oxygen atoms in total. The number of ether oxygens (including phenoxy) is 1. The number of fused-ring (bicyclic) bond motifs is 1. The quantitative estimate of drug-likeness (QED) is 0.538. The normalized spacial score (nSPS) is 22.2. The second kappa shape index (κ2) is 8.21. The topological polar surface area (TPSA) is 83.8 Å².